The van der Waals surface area contributed by atoms with E-state index in [1.807, 2.05) is 62.4 Å². The van der Waals surface area contributed by atoms with E-state index in [2.05, 4.69) is 10.1 Å². The van der Waals surface area contributed by atoms with Crippen LogP contribution in [0.3, 0.4) is 0 Å². The maximum atomic E-state index is 12.8. The van der Waals surface area contributed by atoms with Gasteiger partial charge in [-0.15, -0.1) is 0 Å². The van der Waals surface area contributed by atoms with Crippen LogP contribution in [0, 0.1) is 19.3 Å². The van der Waals surface area contributed by atoms with Gasteiger partial charge in [-0.3, -0.25) is 10.2 Å². The Bertz CT molecular complexity index is 1480. The summed E-state index contributed by atoms with van der Waals surface area (Å²) in [6.07, 6.45) is 1.61. The number of nitrogens with zero attached hydrogens (tertiary/aromatic N) is 3. The lowest BCUT2D eigenvalue weighted by molar-refractivity contribution is -0.114. The van der Waals surface area contributed by atoms with Gasteiger partial charge in [0.2, 0.25) is 5.17 Å². The Kier molecular flexibility index (Phi) is 7.28. The van der Waals surface area contributed by atoms with Crippen molar-refractivity contribution in [2.24, 2.45) is 10.1 Å². The Hall–Kier alpha value is -4.37. The first-order valence-corrected chi connectivity index (χ1v) is 12.8. The van der Waals surface area contributed by atoms with Crippen LogP contribution in [0.5, 0.6) is 17.2 Å². The average molecular weight is 527 g/mol. The minimum absolute atomic E-state index is 0.0265. The number of carbonyl (C=O) groups is 1. The summed E-state index contributed by atoms with van der Waals surface area (Å²) in [5.74, 6) is 1.42. The predicted octanol–water partition coefficient (Wildman–Crippen LogP) is 5.44. The van der Waals surface area contributed by atoms with E-state index in [-0.39, 0.29) is 11.4 Å². The van der Waals surface area contributed by atoms with Crippen molar-refractivity contribution in [2.45, 2.75) is 13.8 Å². The van der Waals surface area contributed by atoms with Crippen molar-refractivity contribution in [3.63, 3.8) is 0 Å². The van der Waals surface area contributed by atoms with Gasteiger partial charge in [-0.25, -0.2) is 0 Å². The van der Waals surface area contributed by atoms with Crippen LogP contribution < -0.4 is 14.2 Å². The smallest absolute Gasteiger partial charge is 0.283 e. The normalized spacial score (nSPS) is 15.8. The second-order valence-electron chi connectivity index (χ2n) is 8.62. The van der Waals surface area contributed by atoms with Crippen molar-refractivity contribution >= 4 is 39.8 Å². The van der Waals surface area contributed by atoms with E-state index in [9.17, 15) is 4.79 Å². The van der Waals surface area contributed by atoms with Gasteiger partial charge in [0, 0.05) is 5.56 Å². The van der Waals surface area contributed by atoms with E-state index in [0.29, 0.717) is 40.5 Å². The number of hydrogen-bond acceptors (Lipinski definition) is 7. The summed E-state index contributed by atoms with van der Waals surface area (Å²) in [4.78, 5) is 17.0. The number of amidine groups is 2. The van der Waals surface area contributed by atoms with Crippen molar-refractivity contribution in [3.05, 3.63) is 94.6 Å². The lowest BCUT2D eigenvalue weighted by Gasteiger charge is -2.20. The van der Waals surface area contributed by atoms with E-state index < -0.39 is 5.91 Å². The average Bonchev–Trinajstić information content (AvgIpc) is 3.35. The highest BCUT2D eigenvalue weighted by molar-refractivity contribution is 8.27. The second-order valence-corrected chi connectivity index (χ2v) is 9.58. The van der Waals surface area contributed by atoms with Crippen LogP contribution in [-0.2, 0) is 4.79 Å². The molecule has 0 radical (unpaired) electrons. The molecule has 2 aliphatic rings. The Morgan fingerprint density at radius 1 is 0.947 bits per heavy atom. The first kappa shape index (κ1) is 25.3. The molecule has 0 fully saturated rings. The quantitative estimate of drug-likeness (QED) is 0.310. The lowest BCUT2D eigenvalue weighted by Crippen LogP contribution is -2.35. The Balaban J connectivity index is 1.29. The van der Waals surface area contributed by atoms with Gasteiger partial charge in [-0.2, -0.15) is 15.1 Å². The van der Waals surface area contributed by atoms with Gasteiger partial charge in [0.25, 0.3) is 5.91 Å². The molecule has 0 atom stereocenters. The number of thioether (sulfide) groups is 1. The Morgan fingerprint density at radius 3 is 2.42 bits per heavy atom. The number of amides is 1. The molecule has 3 aromatic rings. The molecule has 3 aromatic carbocycles. The van der Waals surface area contributed by atoms with E-state index in [0.717, 1.165) is 22.4 Å². The van der Waals surface area contributed by atoms with Crippen LogP contribution in [-0.4, -0.2) is 47.3 Å². The zero-order valence-electron chi connectivity index (χ0n) is 21.2. The monoisotopic (exact) mass is 526 g/mol. The van der Waals surface area contributed by atoms with E-state index in [1.165, 1.54) is 16.8 Å². The Labute approximate surface area is 225 Å². The van der Waals surface area contributed by atoms with E-state index in [1.54, 1.807) is 31.4 Å². The number of methoxy groups -OCH3 is 1. The molecule has 1 amide bonds. The summed E-state index contributed by atoms with van der Waals surface area (Å²) < 4.78 is 17.3. The molecule has 8 nitrogen and oxygen atoms in total. The van der Waals surface area contributed by atoms with E-state index in [4.69, 9.17) is 19.6 Å². The summed E-state index contributed by atoms with van der Waals surface area (Å²) >= 11 is 1.27. The van der Waals surface area contributed by atoms with Crippen molar-refractivity contribution in [1.29, 1.82) is 5.41 Å². The van der Waals surface area contributed by atoms with Crippen LogP contribution in [0.1, 0.15) is 22.3 Å². The van der Waals surface area contributed by atoms with E-state index >= 15 is 0 Å². The minimum Gasteiger partial charge on any atom is -0.493 e. The van der Waals surface area contributed by atoms with Crippen LogP contribution in [0.25, 0.3) is 6.08 Å². The zero-order chi connectivity index (χ0) is 26.6. The third-order valence-electron chi connectivity index (χ3n) is 5.97. The van der Waals surface area contributed by atoms with Gasteiger partial charge in [-0.05, 0) is 60.5 Å². The zero-order valence-corrected chi connectivity index (χ0v) is 22.0. The molecule has 192 valence electrons. The fraction of sp³-hybridized carbons (Fsp3) is 0.172. The number of ether oxygens (including phenoxy) is 3. The van der Waals surface area contributed by atoms with Gasteiger partial charge < -0.3 is 14.2 Å². The van der Waals surface area contributed by atoms with Crippen molar-refractivity contribution < 1.29 is 19.0 Å². The number of para-hydroxylation sites is 1. The third-order valence-corrected chi connectivity index (χ3v) is 6.93. The largest absolute Gasteiger partial charge is 0.493 e. The highest BCUT2D eigenvalue weighted by Gasteiger charge is 2.36. The van der Waals surface area contributed by atoms with Crippen molar-refractivity contribution in [2.75, 3.05) is 20.3 Å². The molecule has 5 rings (SSSR count). The molecule has 2 heterocycles. The molecule has 0 unspecified atom stereocenters. The third kappa shape index (κ3) is 5.19. The number of hydrazone groups is 1. The summed E-state index contributed by atoms with van der Waals surface area (Å²) in [6, 6.07) is 21.0. The number of aliphatic imine (C=N–C) groups is 1. The van der Waals surface area contributed by atoms with Gasteiger partial charge >= 0.3 is 0 Å². The summed E-state index contributed by atoms with van der Waals surface area (Å²) in [7, 11) is 1.55. The molecule has 0 bridgehead atoms. The molecule has 0 spiro atoms. The maximum absolute atomic E-state index is 12.8. The predicted molar refractivity (Wildman–Crippen MR) is 150 cm³/mol. The fourth-order valence-electron chi connectivity index (χ4n) is 4.07. The van der Waals surface area contributed by atoms with Crippen LogP contribution >= 0.6 is 11.8 Å². The topological polar surface area (TPSA) is 96.6 Å². The second kappa shape index (κ2) is 10.9. The number of benzene rings is 3. The van der Waals surface area contributed by atoms with Crippen LogP contribution in [0.4, 0.5) is 0 Å². The standard InChI is InChI=1S/C29H26N4O4S/c1-18-8-7-9-19(2)25(18)37-15-14-36-23-13-12-20(17-24(23)35-3)16-22-26(30)33-29(31-27(22)34)38-28(32-33)21-10-5-4-6-11-21/h4-13,16-17,30H,14-15H2,1-3H3. The minimum atomic E-state index is -0.485. The molecule has 0 aliphatic carbocycles. The number of rotatable bonds is 8. The molecule has 9 heteroatoms. The van der Waals surface area contributed by atoms with Gasteiger partial charge in [0.05, 0.1) is 12.7 Å². The summed E-state index contributed by atoms with van der Waals surface area (Å²) in [6.45, 7) is 4.74. The molecule has 38 heavy (non-hydrogen) atoms. The molecule has 0 saturated heterocycles. The molecule has 2 aliphatic heterocycles. The molecular formula is C29H26N4O4S. The summed E-state index contributed by atoms with van der Waals surface area (Å²) in [5, 5.41) is 15.6. The number of hydrogen-bond donors (Lipinski definition) is 1. The number of nitrogens with one attached hydrogen (secondary N) is 1. The molecular weight excluding hydrogens is 500 g/mol. The number of aryl methyl sites for hydroxylation is 2. The number of carbonyl (C=O) groups excluding carboxylic acids is 1. The fourth-order valence-corrected chi connectivity index (χ4v) is 4.97. The van der Waals surface area contributed by atoms with Gasteiger partial charge in [-0.1, -0.05) is 54.6 Å². The lowest BCUT2D eigenvalue weighted by atomic mass is 10.1. The van der Waals surface area contributed by atoms with Crippen LogP contribution in [0.2, 0.25) is 0 Å². The molecule has 0 aromatic heterocycles. The number of fused-ring (bicyclic) bond motifs is 1. The first-order chi connectivity index (χ1) is 18.4. The van der Waals surface area contributed by atoms with Crippen molar-refractivity contribution in [3.8, 4) is 17.2 Å². The molecule has 0 saturated carbocycles. The SMILES string of the molecule is COc1cc(C=C2C(=N)N3N=C(c4ccccc4)SC3=NC2=O)ccc1OCCOc1c(C)cccc1C. The van der Waals surface area contributed by atoms with Gasteiger partial charge in [0.15, 0.2) is 17.3 Å². The first-order valence-electron chi connectivity index (χ1n) is 12.0. The highest BCUT2D eigenvalue weighted by atomic mass is 32.2. The maximum Gasteiger partial charge on any atom is 0.283 e. The van der Waals surface area contributed by atoms with Gasteiger partial charge in [0.1, 0.15) is 24.0 Å². The van der Waals surface area contributed by atoms with Crippen molar-refractivity contribution in [1.82, 2.24) is 5.01 Å². The summed E-state index contributed by atoms with van der Waals surface area (Å²) in [5.41, 5.74) is 3.87. The Morgan fingerprint density at radius 2 is 1.68 bits per heavy atom. The highest BCUT2D eigenvalue weighted by Crippen LogP contribution is 2.33. The molecule has 1 N–H and O–H groups in total. The van der Waals surface area contributed by atoms with Crippen LogP contribution in [0.15, 0.2) is 82.4 Å².